The second-order valence-electron chi connectivity index (χ2n) is 7.23. The lowest BCUT2D eigenvalue weighted by Crippen LogP contribution is -2.51. The normalized spacial score (nSPS) is 27.3. The van der Waals surface area contributed by atoms with E-state index in [1.165, 1.54) is 32.1 Å². The third-order valence-electron chi connectivity index (χ3n) is 5.52. The second-order valence-corrected chi connectivity index (χ2v) is 7.23. The van der Waals surface area contributed by atoms with Crippen molar-refractivity contribution in [3.8, 4) is 0 Å². The van der Waals surface area contributed by atoms with Crippen molar-refractivity contribution in [2.45, 2.75) is 65.0 Å². The van der Waals surface area contributed by atoms with Crippen LogP contribution in [-0.4, -0.2) is 24.0 Å². The number of furan rings is 1. The molecule has 2 unspecified atom stereocenters. The molecule has 0 bridgehead atoms. The Balaban J connectivity index is 2.05. The molecular formula is C18H32N2O. The molecule has 2 N–H and O–H groups in total. The van der Waals surface area contributed by atoms with E-state index < -0.39 is 0 Å². The van der Waals surface area contributed by atoms with Crippen LogP contribution in [0.1, 0.15) is 57.5 Å². The quantitative estimate of drug-likeness (QED) is 0.835. The summed E-state index contributed by atoms with van der Waals surface area (Å²) in [5.74, 6) is 3.68. The number of hydrogen-bond donors (Lipinski definition) is 1. The molecule has 120 valence electrons. The minimum atomic E-state index is 0.143. The summed E-state index contributed by atoms with van der Waals surface area (Å²) < 4.78 is 5.74. The topological polar surface area (TPSA) is 42.4 Å². The SMILES string of the molecule is Cc1ccc(CN(C)C2(CN)CCCC(C(C)C)CC2)o1. The summed E-state index contributed by atoms with van der Waals surface area (Å²) in [4.78, 5) is 2.44. The molecule has 1 fully saturated rings. The minimum absolute atomic E-state index is 0.143. The van der Waals surface area contributed by atoms with E-state index in [-0.39, 0.29) is 5.54 Å². The number of nitrogens with two attached hydrogens (primary N) is 1. The van der Waals surface area contributed by atoms with E-state index in [0.29, 0.717) is 0 Å². The van der Waals surface area contributed by atoms with Gasteiger partial charge in [0.05, 0.1) is 6.54 Å². The van der Waals surface area contributed by atoms with Crippen LogP contribution in [0.5, 0.6) is 0 Å². The van der Waals surface area contributed by atoms with Gasteiger partial charge in [-0.2, -0.15) is 0 Å². The van der Waals surface area contributed by atoms with Gasteiger partial charge < -0.3 is 10.2 Å². The van der Waals surface area contributed by atoms with E-state index in [1.54, 1.807) is 0 Å². The Morgan fingerprint density at radius 2 is 2.10 bits per heavy atom. The Kier molecular flexibility index (Phi) is 5.50. The molecule has 21 heavy (non-hydrogen) atoms. The fourth-order valence-corrected chi connectivity index (χ4v) is 3.80. The standard InChI is InChI=1S/C18H32N2O/c1-14(2)16-6-5-10-18(13-19,11-9-16)20(4)12-17-8-7-15(3)21-17/h7-8,14,16H,5-6,9-13,19H2,1-4H3. The minimum Gasteiger partial charge on any atom is -0.465 e. The van der Waals surface area contributed by atoms with Crippen LogP contribution < -0.4 is 5.73 Å². The maximum atomic E-state index is 6.22. The van der Waals surface area contributed by atoms with Gasteiger partial charge in [-0.25, -0.2) is 0 Å². The van der Waals surface area contributed by atoms with Gasteiger partial charge in [0.2, 0.25) is 0 Å². The summed E-state index contributed by atoms with van der Waals surface area (Å²) in [6.45, 7) is 8.32. The highest BCUT2D eigenvalue weighted by Gasteiger charge is 2.36. The maximum absolute atomic E-state index is 6.22. The summed E-state index contributed by atoms with van der Waals surface area (Å²) in [5.41, 5.74) is 6.36. The lowest BCUT2D eigenvalue weighted by molar-refractivity contribution is 0.0899. The van der Waals surface area contributed by atoms with Gasteiger partial charge in [-0.05, 0) is 57.2 Å². The fourth-order valence-electron chi connectivity index (χ4n) is 3.80. The average Bonchev–Trinajstić information content (AvgIpc) is 2.74. The predicted molar refractivity (Wildman–Crippen MR) is 88.1 cm³/mol. The van der Waals surface area contributed by atoms with Gasteiger partial charge >= 0.3 is 0 Å². The predicted octanol–water partition coefficient (Wildman–Crippen LogP) is 3.95. The lowest BCUT2D eigenvalue weighted by Gasteiger charge is -2.40. The van der Waals surface area contributed by atoms with E-state index in [1.807, 2.05) is 13.0 Å². The van der Waals surface area contributed by atoms with Gasteiger partial charge in [-0.3, -0.25) is 4.90 Å². The second kappa shape index (κ2) is 6.97. The van der Waals surface area contributed by atoms with Crippen LogP contribution in [0.3, 0.4) is 0 Å². The highest BCUT2D eigenvalue weighted by Crippen LogP contribution is 2.37. The molecule has 1 aliphatic rings. The molecule has 1 heterocycles. The molecule has 3 heteroatoms. The van der Waals surface area contributed by atoms with Crippen LogP contribution in [-0.2, 0) is 6.54 Å². The molecule has 0 saturated heterocycles. The van der Waals surface area contributed by atoms with Gasteiger partial charge in [0.25, 0.3) is 0 Å². The Hall–Kier alpha value is -0.800. The van der Waals surface area contributed by atoms with Crippen molar-refractivity contribution >= 4 is 0 Å². The monoisotopic (exact) mass is 292 g/mol. The molecule has 1 saturated carbocycles. The summed E-state index contributed by atoms with van der Waals surface area (Å²) in [7, 11) is 2.21. The third kappa shape index (κ3) is 3.89. The molecule has 0 spiro atoms. The van der Waals surface area contributed by atoms with Gasteiger partial charge in [0.1, 0.15) is 11.5 Å². The Morgan fingerprint density at radius 1 is 1.33 bits per heavy atom. The zero-order valence-electron chi connectivity index (χ0n) is 14.2. The van der Waals surface area contributed by atoms with Gasteiger partial charge in [-0.15, -0.1) is 0 Å². The first-order valence-corrected chi connectivity index (χ1v) is 8.43. The molecule has 1 aromatic rings. The van der Waals surface area contributed by atoms with E-state index in [0.717, 1.165) is 36.4 Å². The summed E-state index contributed by atoms with van der Waals surface area (Å²) in [6, 6.07) is 4.13. The van der Waals surface area contributed by atoms with Crippen molar-refractivity contribution < 1.29 is 4.42 Å². The van der Waals surface area contributed by atoms with Crippen molar-refractivity contribution in [2.24, 2.45) is 17.6 Å². The molecule has 0 aliphatic heterocycles. The summed E-state index contributed by atoms with van der Waals surface area (Å²) in [5, 5.41) is 0. The molecular weight excluding hydrogens is 260 g/mol. The molecule has 0 amide bonds. The van der Waals surface area contributed by atoms with Crippen LogP contribution >= 0.6 is 0 Å². The van der Waals surface area contributed by atoms with Crippen molar-refractivity contribution in [3.05, 3.63) is 23.7 Å². The highest BCUT2D eigenvalue weighted by molar-refractivity contribution is 5.06. The Bertz CT molecular complexity index is 440. The zero-order valence-corrected chi connectivity index (χ0v) is 14.2. The number of aryl methyl sites for hydroxylation is 1. The van der Waals surface area contributed by atoms with E-state index >= 15 is 0 Å². The number of nitrogens with zero attached hydrogens (tertiary/aromatic N) is 1. The van der Waals surface area contributed by atoms with Gasteiger partial charge in [-0.1, -0.05) is 26.7 Å². The molecule has 2 atom stereocenters. The van der Waals surface area contributed by atoms with Crippen LogP contribution in [0.25, 0.3) is 0 Å². The van der Waals surface area contributed by atoms with Crippen LogP contribution in [0.2, 0.25) is 0 Å². The first-order chi connectivity index (χ1) is 9.97. The van der Waals surface area contributed by atoms with Crippen LogP contribution in [0.15, 0.2) is 16.5 Å². The lowest BCUT2D eigenvalue weighted by atomic mass is 9.85. The highest BCUT2D eigenvalue weighted by atomic mass is 16.3. The third-order valence-corrected chi connectivity index (χ3v) is 5.52. The van der Waals surface area contributed by atoms with Crippen molar-refractivity contribution in [1.82, 2.24) is 4.90 Å². The smallest absolute Gasteiger partial charge is 0.118 e. The number of likely N-dealkylation sites (N-methyl/N-ethyl adjacent to an activating group) is 1. The van der Waals surface area contributed by atoms with Crippen LogP contribution in [0, 0.1) is 18.8 Å². The van der Waals surface area contributed by atoms with E-state index in [9.17, 15) is 0 Å². The van der Waals surface area contributed by atoms with Crippen molar-refractivity contribution in [1.29, 1.82) is 0 Å². The van der Waals surface area contributed by atoms with Gasteiger partial charge in [0, 0.05) is 12.1 Å². The average molecular weight is 292 g/mol. The number of hydrogen-bond acceptors (Lipinski definition) is 3. The number of rotatable bonds is 5. The van der Waals surface area contributed by atoms with E-state index in [2.05, 4.69) is 31.9 Å². The first-order valence-electron chi connectivity index (χ1n) is 8.43. The van der Waals surface area contributed by atoms with Crippen LogP contribution in [0.4, 0.5) is 0 Å². The first kappa shape index (κ1) is 16.6. The Labute approximate surface area is 129 Å². The molecule has 1 aliphatic carbocycles. The molecule has 3 nitrogen and oxygen atoms in total. The molecule has 2 rings (SSSR count). The fraction of sp³-hybridized carbons (Fsp3) is 0.778. The zero-order chi connectivity index (χ0) is 15.5. The van der Waals surface area contributed by atoms with Crippen molar-refractivity contribution in [3.63, 3.8) is 0 Å². The molecule has 1 aromatic heterocycles. The Morgan fingerprint density at radius 3 is 2.67 bits per heavy atom. The van der Waals surface area contributed by atoms with Gasteiger partial charge in [0.15, 0.2) is 0 Å². The maximum Gasteiger partial charge on any atom is 0.118 e. The van der Waals surface area contributed by atoms with E-state index in [4.69, 9.17) is 10.2 Å². The van der Waals surface area contributed by atoms with Crippen molar-refractivity contribution in [2.75, 3.05) is 13.6 Å². The summed E-state index contributed by atoms with van der Waals surface area (Å²) >= 11 is 0. The summed E-state index contributed by atoms with van der Waals surface area (Å²) in [6.07, 6.45) is 6.37. The largest absolute Gasteiger partial charge is 0.465 e. The molecule has 0 radical (unpaired) electrons. The molecule has 0 aromatic carbocycles.